The Labute approximate surface area is 137 Å². The Bertz CT molecular complexity index is 772. The van der Waals surface area contributed by atoms with Gasteiger partial charge in [-0.15, -0.1) is 0 Å². The van der Waals surface area contributed by atoms with Gasteiger partial charge in [0.25, 0.3) is 5.91 Å². The highest BCUT2D eigenvalue weighted by atomic mass is 16.4. The standard InChI is InChI=1S/C16H15N3O5/c20-8-7-17-15(22)10-1-3-11(4-2-10)18-19-12-5-6-14(21)13(9-12)16(23)24/h1-6,9,20-21H,7-8H2,(H,17,22)(H,23,24). The maximum atomic E-state index is 11.7. The van der Waals surface area contributed by atoms with Gasteiger partial charge in [0.15, 0.2) is 0 Å². The number of benzene rings is 2. The molecule has 2 aromatic rings. The highest BCUT2D eigenvalue weighted by Crippen LogP contribution is 2.25. The van der Waals surface area contributed by atoms with Crippen molar-refractivity contribution in [2.45, 2.75) is 0 Å². The molecule has 1 amide bonds. The first kappa shape index (κ1) is 17.1. The zero-order valence-electron chi connectivity index (χ0n) is 12.5. The molecule has 24 heavy (non-hydrogen) atoms. The van der Waals surface area contributed by atoms with Crippen LogP contribution in [-0.2, 0) is 0 Å². The number of azo groups is 1. The van der Waals surface area contributed by atoms with E-state index in [0.29, 0.717) is 11.3 Å². The number of rotatable bonds is 6. The van der Waals surface area contributed by atoms with E-state index in [9.17, 15) is 14.7 Å². The molecule has 0 saturated heterocycles. The van der Waals surface area contributed by atoms with Crippen LogP contribution in [0.5, 0.6) is 5.75 Å². The fraction of sp³-hybridized carbons (Fsp3) is 0.125. The Kier molecular flexibility index (Phi) is 5.58. The van der Waals surface area contributed by atoms with E-state index >= 15 is 0 Å². The fourth-order valence-corrected chi connectivity index (χ4v) is 1.82. The summed E-state index contributed by atoms with van der Waals surface area (Å²) >= 11 is 0. The van der Waals surface area contributed by atoms with Gasteiger partial charge in [0.05, 0.1) is 18.0 Å². The third-order valence-electron chi connectivity index (χ3n) is 3.02. The molecule has 0 aromatic heterocycles. The summed E-state index contributed by atoms with van der Waals surface area (Å²) in [5.41, 5.74) is 0.899. The molecule has 0 aliphatic carbocycles. The molecule has 2 rings (SSSR count). The van der Waals surface area contributed by atoms with Crippen molar-refractivity contribution < 1.29 is 24.9 Å². The van der Waals surface area contributed by atoms with Crippen molar-refractivity contribution in [2.75, 3.05) is 13.2 Å². The Morgan fingerprint density at radius 3 is 2.25 bits per heavy atom. The molecule has 0 spiro atoms. The van der Waals surface area contributed by atoms with Crippen molar-refractivity contribution in [1.29, 1.82) is 0 Å². The Morgan fingerprint density at radius 1 is 1.00 bits per heavy atom. The number of carbonyl (C=O) groups excluding carboxylic acids is 1. The normalized spacial score (nSPS) is 10.7. The number of hydrogen-bond donors (Lipinski definition) is 4. The Morgan fingerprint density at radius 2 is 1.62 bits per heavy atom. The molecule has 0 atom stereocenters. The van der Waals surface area contributed by atoms with Crippen molar-refractivity contribution in [2.24, 2.45) is 10.2 Å². The molecular weight excluding hydrogens is 314 g/mol. The molecule has 0 radical (unpaired) electrons. The second-order valence-electron chi connectivity index (χ2n) is 4.73. The van der Waals surface area contributed by atoms with Gasteiger partial charge in [0.1, 0.15) is 11.3 Å². The lowest BCUT2D eigenvalue weighted by Gasteiger charge is -2.03. The molecule has 2 aromatic carbocycles. The Balaban J connectivity index is 2.11. The minimum absolute atomic E-state index is 0.136. The largest absolute Gasteiger partial charge is 0.507 e. The lowest BCUT2D eigenvalue weighted by atomic mass is 10.2. The summed E-state index contributed by atoms with van der Waals surface area (Å²) in [4.78, 5) is 22.6. The predicted molar refractivity (Wildman–Crippen MR) is 85.1 cm³/mol. The number of phenols is 1. The number of nitrogens with one attached hydrogen (secondary N) is 1. The molecule has 0 saturated carbocycles. The van der Waals surface area contributed by atoms with E-state index in [1.807, 2.05) is 0 Å². The first-order valence-electron chi connectivity index (χ1n) is 6.98. The molecule has 8 nitrogen and oxygen atoms in total. The summed E-state index contributed by atoms with van der Waals surface area (Å²) in [6.07, 6.45) is 0. The van der Waals surface area contributed by atoms with E-state index in [1.54, 1.807) is 24.3 Å². The van der Waals surface area contributed by atoms with Crippen molar-refractivity contribution in [3.05, 3.63) is 53.6 Å². The van der Waals surface area contributed by atoms with Gasteiger partial charge in [-0.2, -0.15) is 10.2 Å². The molecule has 124 valence electrons. The van der Waals surface area contributed by atoms with Crippen LogP contribution in [0.25, 0.3) is 0 Å². The quantitative estimate of drug-likeness (QED) is 0.603. The first-order valence-corrected chi connectivity index (χ1v) is 6.98. The summed E-state index contributed by atoms with van der Waals surface area (Å²) < 4.78 is 0. The number of aromatic carboxylic acids is 1. The minimum Gasteiger partial charge on any atom is -0.507 e. The van der Waals surface area contributed by atoms with Crippen molar-refractivity contribution in [1.82, 2.24) is 5.32 Å². The summed E-state index contributed by atoms with van der Waals surface area (Å²) in [6.45, 7) is 0.0378. The maximum absolute atomic E-state index is 11.7. The van der Waals surface area contributed by atoms with Gasteiger partial charge in [0, 0.05) is 12.1 Å². The van der Waals surface area contributed by atoms with Gasteiger partial charge < -0.3 is 20.6 Å². The molecule has 0 fully saturated rings. The number of carboxylic acids is 1. The van der Waals surface area contributed by atoms with Gasteiger partial charge in [-0.05, 0) is 42.5 Å². The number of aromatic hydroxyl groups is 1. The monoisotopic (exact) mass is 329 g/mol. The van der Waals surface area contributed by atoms with Crippen molar-refractivity contribution in [3.63, 3.8) is 0 Å². The zero-order chi connectivity index (χ0) is 17.5. The first-order chi connectivity index (χ1) is 11.5. The lowest BCUT2D eigenvalue weighted by Crippen LogP contribution is -2.26. The highest BCUT2D eigenvalue weighted by Gasteiger charge is 2.10. The molecule has 0 bridgehead atoms. The van der Waals surface area contributed by atoms with Crippen molar-refractivity contribution in [3.8, 4) is 5.75 Å². The average Bonchev–Trinajstić information content (AvgIpc) is 2.59. The number of carboxylic acid groups (broad SMARTS) is 1. The number of aliphatic hydroxyl groups excluding tert-OH is 1. The average molecular weight is 329 g/mol. The fourth-order valence-electron chi connectivity index (χ4n) is 1.82. The van der Waals surface area contributed by atoms with E-state index in [0.717, 1.165) is 0 Å². The van der Waals surface area contributed by atoms with Crippen LogP contribution < -0.4 is 5.32 Å². The topological polar surface area (TPSA) is 132 Å². The van der Waals surface area contributed by atoms with Crippen molar-refractivity contribution >= 4 is 23.3 Å². The van der Waals surface area contributed by atoms with E-state index in [-0.39, 0.29) is 36.1 Å². The van der Waals surface area contributed by atoms with Gasteiger partial charge in [-0.25, -0.2) is 4.79 Å². The van der Waals surface area contributed by atoms with Gasteiger partial charge >= 0.3 is 5.97 Å². The van der Waals surface area contributed by atoms with Crippen LogP contribution in [0.2, 0.25) is 0 Å². The summed E-state index contributed by atoms with van der Waals surface area (Å²) in [7, 11) is 0. The second-order valence-corrected chi connectivity index (χ2v) is 4.73. The number of nitrogens with zero attached hydrogens (tertiary/aromatic N) is 2. The molecule has 0 aliphatic rings. The van der Waals surface area contributed by atoms with Crippen LogP contribution in [0.15, 0.2) is 52.7 Å². The van der Waals surface area contributed by atoms with Gasteiger partial charge in [-0.3, -0.25) is 4.79 Å². The predicted octanol–water partition coefficient (Wildman–Crippen LogP) is 2.23. The van der Waals surface area contributed by atoms with Crippen LogP contribution in [0, 0.1) is 0 Å². The zero-order valence-corrected chi connectivity index (χ0v) is 12.5. The van der Waals surface area contributed by atoms with E-state index in [1.165, 1.54) is 18.2 Å². The number of carbonyl (C=O) groups is 2. The van der Waals surface area contributed by atoms with Crippen LogP contribution >= 0.6 is 0 Å². The third kappa shape index (κ3) is 4.37. The molecule has 0 unspecified atom stereocenters. The third-order valence-corrected chi connectivity index (χ3v) is 3.02. The van der Waals surface area contributed by atoms with Gasteiger partial charge in [0.2, 0.25) is 0 Å². The van der Waals surface area contributed by atoms with Crippen LogP contribution in [0.4, 0.5) is 11.4 Å². The van der Waals surface area contributed by atoms with Crippen LogP contribution in [0.1, 0.15) is 20.7 Å². The van der Waals surface area contributed by atoms with E-state index in [4.69, 9.17) is 10.2 Å². The Hall–Kier alpha value is -3.26. The maximum Gasteiger partial charge on any atom is 0.339 e. The summed E-state index contributed by atoms with van der Waals surface area (Å²) in [5.74, 6) is -1.92. The molecule has 8 heteroatoms. The van der Waals surface area contributed by atoms with Crippen LogP contribution in [0.3, 0.4) is 0 Å². The summed E-state index contributed by atoms with van der Waals surface area (Å²) in [6, 6.07) is 10.1. The minimum atomic E-state index is -1.26. The second kappa shape index (κ2) is 7.84. The molecular formula is C16H15N3O5. The number of aliphatic hydroxyl groups is 1. The van der Waals surface area contributed by atoms with Crippen LogP contribution in [-0.4, -0.2) is 40.3 Å². The number of hydrogen-bond acceptors (Lipinski definition) is 6. The van der Waals surface area contributed by atoms with Gasteiger partial charge in [-0.1, -0.05) is 0 Å². The molecule has 0 aliphatic heterocycles. The smallest absolute Gasteiger partial charge is 0.339 e. The number of amides is 1. The molecule has 0 heterocycles. The SMILES string of the molecule is O=C(NCCO)c1ccc(N=Nc2ccc(O)c(C(=O)O)c2)cc1. The van der Waals surface area contributed by atoms with E-state index < -0.39 is 5.97 Å². The summed E-state index contributed by atoms with van der Waals surface area (Å²) in [5, 5.41) is 37.4. The highest BCUT2D eigenvalue weighted by molar-refractivity contribution is 5.94. The lowest BCUT2D eigenvalue weighted by molar-refractivity contribution is 0.0693. The molecule has 4 N–H and O–H groups in total. The van der Waals surface area contributed by atoms with E-state index in [2.05, 4.69) is 15.5 Å².